The summed E-state index contributed by atoms with van der Waals surface area (Å²) in [6.07, 6.45) is 2.71. The Morgan fingerprint density at radius 2 is 2.19 bits per heavy atom. The maximum Gasteiger partial charge on any atom is 0.337 e. The van der Waals surface area contributed by atoms with E-state index in [4.69, 9.17) is 10.5 Å². The number of ether oxygens (including phenoxy) is 1. The average molecular weight is 292 g/mol. The molecule has 0 heterocycles. The molecule has 0 bridgehead atoms. The van der Waals surface area contributed by atoms with E-state index in [2.05, 4.69) is 5.32 Å². The lowest BCUT2D eigenvalue weighted by Crippen LogP contribution is -2.30. The lowest BCUT2D eigenvalue weighted by atomic mass is 9.95. The van der Waals surface area contributed by atoms with Gasteiger partial charge in [0.15, 0.2) is 0 Å². The lowest BCUT2D eigenvalue weighted by molar-refractivity contribution is -0.120. The zero-order valence-electron chi connectivity index (χ0n) is 12.0. The molecule has 0 radical (unpaired) electrons. The van der Waals surface area contributed by atoms with Gasteiger partial charge in [-0.1, -0.05) is 6.42 Å². The first kappa shape index (κ1) is 15.3. The van der Waals surface area contributed by atoms with Crippen molar-refractivity contribution >= 4 is 17.6 Å². The van der Waals surface area contributed by atoms with E-state index in [0.29, 0.717) is 12.3 Å². The predicted octanol–water partition coefficient (Wildman–Crippen LogP) is 1.71. The molecule has 1 fully saturated rings. The van der Waals surface area contributed by atoms with Crippen LogP contribution in [0.4, 0.5) is 5.69 Å². The Kier molecular flexibility index (Phi) is 4.80. The number of nitrogens with two attached hydrogens (primary N) is 1. The highest BCUT2D eigenvalue weighted by molar-refractivity contribution is 6.01. The van der Waals surface area contributed by atoms with Crippen LogP contribution in [0.2, 0.25) is 0 Å². The van der Waals surface area contributed by atoms with Crippen LogP contribution in [0.25, 0.3) is 0 Å². The molecular formula is C15H20N2O4. The summed E-state index contributed by atoms with van der Waals surface area (Å²) in [6, 6.07) is 4.50. The molecule has 2 atom stereocenters. The number of methoxy groups -OCH3 is 1. The molecule has 6 nitrogen and oxygen atoms in total. The van der Waals surface area contributed by atoms with E-state index >= 15 is 0 Å². The molecule has 1 aromatic rings. The van der Waals surface area contributed by atoms with Crippen LogP contribution in [-0.4, -0.2) is 30.6 Å². The highest BCUT2D eigenvalue weighted by Crippen LogP contribution is 2.32. The average Bonchev–Trinajstić information content (AvgIpc) is 2.95. The van der Waals surface area contributed by atoms with Gasteiger partial charge in [0.2, 0.25) is 5.91 Å². The zero-order valence-corrected chi connectivity index (χ0v) is 12.0. The Labute approximate surface area is 123 Å². The highest BCUT2D eigenvalue weighted by atomic mass is 16.5. The summed E-state index contributed by atoms with van der Waals surface area (Å²) in [5, 5.41) is 11.9. The molecule has 6 heteroatoms. The third kappa shape index (κ3) is 3.33. The molecule has 0 aromatic heterocycles. The molecule has 4 N–H and O–H groups in total. The molecule has 0 aliphatic heterocycles. The van der Waals surface area contributed by atoms with Crippen molar-refractivity contribution in [3.8, 4) is 5.75 Å². The van der Waals surface area contributed by atoms with Crippen LogP contribution in [0.15, 0.2) is 18.2 Å². The summed E-state index contributed by atoms with van der Waals surface area (Å²) in [6.45, 7) is 0.474. The largest absolute Gasteiger partial charge is 0.497 e. The summed E-state index contributed by atoms with van der Waals surface area (Å²) in [5.74, 6) is -0.739. The molecule has 0 spiro atoms. The highest BCUT2D eigenvalue weighted by Gasteiger charge is 2.32. The summed E-state index contributed by atoms with van der Waals surface area (Å²) >= 11 is 0. The Bertz CT molecular complexity index is 544. The SMILES string of the molecule is COc1ccc(C(=O)O)c(NC(=O)C2CCCC2CN)c1. The van der Waals surface area contributed by atoms with Crippen molar-refractivity contribution in [2.75, 3.05) is 19.0 Å². The summed E-state index contributed by atoms with van der Waals surface area (Å²) in [5.41, 5.74) is 5.99. The van der Waals surface area contributed by atoms with E-state index in [0.717, 1.165) is 19.3 Å². The fourth-order valence-corrected chi connectivity index (χ4v) is 2.83. The van der Waals surface area contributed by atoms with Gasteiger partial charge < -0.3 is 20.9 Å². The fourth-order valence-electron chi connectivity index (χ4n) is 2.83. The number of carboxylic acids is 1. The van der Waals surface area contributed by atoms with Crippen molar-refractivity contribution in [3.63, 3.8) is 0 Å². The third-order valence-corrected chi connectivity index (χ3v) is 4.01. The van der Waals surface area contributed by atoms with Gasteiger partial charge in [-0.2, -0.15) is 0 Å². The first-order valence-corrected chi connectivity index (χ1v) is 6.99. The van der Waals surface area contributed by atoms with Crippen LogP contribution in [0.3, 0.4) is 0 Å². The van der Waals surface area contributed by atoms with Crippen LogP contribution in [0.1, 0.15) is 29.6 Å². The van der Waals surface area contributed by atoms with Crippen LogP contribution >= 0.6 is 0 Å². The van der Waals surface area contributed by atoms with Gasteiger partial charge in [-0.3, -0.25) is 4.79 Å². The number of carbonyl (C=O) groups is 2. The second kappa shape index (κ2) is 6.58. The number of carbonyl (C=O) groups excluding carboxylic acids is 1. The van der Waals surface area contributed by atoms with Gasteiger partial charge in [0.1, 0.15) is 5.75 Å². The number of hydrogen-bond acceptors (Lipinski definition) is 4. The van der Waals surface area contributed by atoms with Gasteiger partial charge >= 0.3 is 5.97 Å². The van der Waals surface area contributed by atoms with Crippen molar-refractivity contribution < 1.29 is 19.4 Å². The number of carboxylic acid groups (broad SMARTS) is 1. The van der Waals surface area contributed by atoms with Gasteiger partial charge in [0.05, 0.1) is 18.4 Å². The molecule has 1 aliphatic carbocycles. The summed E-state index contributed by atoms with van der Waals surface area (Å²) in [7, 11) is 1.49. The summed E-state index contributed by atoms with van der Waals surface area (Å²) in [4.78, 5) is 23.6. The Morgan fingerprint density at radius 3 is 2.81 bits per heavy atom. The molecule has 21 heavy (non-hydrogen) atoms. The van der Waals surface area contributed by atoms with E-state index in [1.165, 1.54) is 19.2 Å². The van der Waals surface area contributed by atoms with Crippen molar-refractivity contribution in [2.45, 2.75) is 19.3 Å². The molecule has 1 amide bonds. The molecule has 114 valence electrons. The van der Waals surface area contributed by atoms with E-state index in [-0.39, 0.29) is 29.0 Å². The maximum absolute atomic E-state index is 12.4. The van der Waals surface area contributed by atoms with Gasteiger partial charge in [-0.15, -0.1) is 0 Å². The Hall–Kier alpha value is -2.08. The first-order chi connectivity index (χ1) is 10.1. The second-order valence-corrected chi connectivity index (χ2v) is 5.24. The van der Waals surface area contributed by atoms with Gasteiger partial charge in [0.25, 0.3) is 0 Å². The van der Waals surface area contributed by atoms with Crippen LogP contribution in [-0.2, 0) is 4.79 Å². The minimum atomic E-state index is -1.09. The number of anilines is 1. The van der Waals surface area contributed by atoms with E-state index < -0.39 is 5.97 Å². The van der Waals surface area contributed by atoms with Crippen LogP contribution in [0, 0.1) is 11.8 Å². The van der Waals surface area contributed by atoms with Gasteiger partial charge in [0, 0.05) is 12.0 Å². The van der Waals surface area contributed by atoms with Crippen molar-refractivity contribution in [1.29, 1.82) is 0 Å². The Balaban J connectivity index is 2.21. The van der Waals surface area contributed by atoms with Crippen molar-refractivity contribution in [3.05, 3.63) is 23.8 Å². The molecule has 2 rings (SSSR count). The number of aromatic carboxylic acids is 1. The number of rotatable bonds is 5. The normalized spacial score (nSPS) is 21.0. The number of benzene rings is 1. The molecule has 1 saturated carbocycles. The first-order valence-electron chi connectivity index (χ1n) is 6.99. The molecule has 2 unspecified atom stereocenters. The lowest BCUT2D eigenvalue weighted by Gasteiger charge is -2.18. The van der Waals surface area contributed by atoms with E-state index in [1.54, 1.807) is 6.07 Å². The molecule has 0 saturated heterocycles. The minimum Gasteiger partial charge on any atom is -0.497 e. The zero-order chi connectivity index (χ0) is 15.4. The van der Waals surface area contributed by atoms with Gasteiger partial charge in [-0.25, -0.2) is 4.79 Å². The van der Waals surface area contributed by atoms with E-state index in [1.807, 2.05) is 0 Å². The molecular weight excluding hydrogens is 272 g/mol. The number of nitrogens with one attached hydrogen (secondary N) is 1. The topological polar surface area (TPSA) is 102 Å². The minimum absolute atomic E-state index is 0.0476. The van der Waals surface area contributed by atoms with Gasteiger partial charge in [-0.05, 0) is 37.4 Å². The monoisotopic (exact) mass is 292 g/mol. The van der Waals surface area contributed by atoms with E-state index in [9.17, 15) is 14.7 Å². The molecule has 1 aliphatic rings. The smallest absolute Gasteiger partial charge is 0.337 e. The maximum atomic E-state index is 12.4. The number of amides is 1. The standard InChI is InChI=1S/C15H20N2O4/c1-21-10-5-6-12(15(19)20)13(7-10)17-14(18)11-4-2-3-9(11)8-16/h5-7,9,11H,2-4,8,16H2,1H3,(H,17,18)(H,19,20). The van der Waals surface area contributed by atoms with Crippen molar-refractivity contribution in [1.82, 2.24) is 0 Å². The third-order valence-electron chi connectivity index (χ3n) is 4.01. The number of hydrogen-bond donors (Lipinski definition) is 3. The Morgan fingerprint density at radius 1 is 1.43 bits per heavy atom. The fraction of sp³-hybridized carbons (Fsp3) is 0.467. The molecule has 1 aromatic carbocycles. The summed E-state index contributed by atoms with van der Waals surface area (Å²) < 4.78 is 5.07. The van der Waals surface area contributed by atoms with Crippen molar-refractivity contribution in [2.24, 2.45) is 17.6 Å². The van der Waals surface area contributed by atoms with Crippen LogP contribution < -0.4 is 15.8 Å². The predicted molar refractivity (Wildman–Crippen MR) is 78.5 cm³/mol. The second-order valence-electron chi connectivity index (χ2n) is 5.24. The van der Waals surface area contributed by atoms with Crippen LogP contribution in [0.5, 0.6) is 5.75 Å². The quantitative estimate of drug-likeness (QED) is 0.766.